The van der Waals surface area contributed by atoms with Gasteiger partial charge >= 0.3 is 0 Å². The second-order valence-electron chi connectivity index (χ2n) is 4.01. The number of hydrogen-bond donors (Lipinski definition) is 2. The molecule has 1 amide bonds. The molecule has 16 heavy (non-hydrogen) atoms. The lowest BCUT2D eigenvalue weighted by Crippen LogP contribution is -2.50. The van der Waals surface area contributed by atoms with Crippen molar-refractivity contribution in [1.29, 1.82) is 0 Å². The molecule has 1 saturated heterocycles. The van der Waals surface area contributed by atoms with Gasteiger partial charge in [-0.2, -0.15) is 0 Å². The molecule has 0 aromatic carbocycles. The molecule has 0 radical (unpaired) electrons. The maximum Gasteiger partial charge on any atom is 0.243 e. The highest BCUT2D eigenvalue weighted by Crippen LogP contribution is 2.25. The zero-order valence-electron chi connectivity index (χ0n) is 9.32. The van der Waals surface area contributed by atoms with E-state index in [0.717, 1.165) is 13.0 Å². The molecule has 2 heterocycles. The summed E-state index contributed by atoms with van der Waals surface area (Å²) in [5, 5.41) is 6.59. The SMILES string of the molecule is CC(C)c1cnc(NC(=O)[C@H]2CCN2)s1.Cl. The average molecular weight is 262 g/mol. The van der Waals surface area contributed by atoms with E-state index >= 15 is 0 Å². The third kappa shape index (κ3) is 2.93. The van der Waals surface area contributed by atoms with Gasteiger partial charge in [-0.05, 0) is 18.9 Å². The van der Waals surface area contributed by atoms with Crippen LogP contribution in [-0.4, -0.2) is 23.5 Å². The highest BCUT2D eigenvalue weighted by Gasteiger charge is 2.25. The number of rotatable bonds is 3. The van der Waals surface area contributed by atoms with E-state index in [9.17, 15) is 4.79 Å². The van der Waals surface area contributed by atoms with Crippen molar-refractivity contribution in [3.63, 3.8) is 0 Å². The number of anilines is 1. The normalized spacial score (nSPS) is 18.8. The third-order valence-electron chi connectivity index (χ3n) is 2.46. The molecule has 4 nitrogen and oxygen atoms in total. The number of carbonyl (C=O) groups excluding carboxylic acids is 1. The molecular weight excluding hydrogens is 246 g/mol. The molecule has 90 valence electrons. The van der Waals surface area contributed by atoms with E-state index in [1.165, 1.54) is 4.88 Å². The Bertz CT molecular complexity index is 363. The summed E-state index contributed by atoms with van der Waals surface area (Å²) >= 11 is 1.55. The van der Waals surface area contributed by atoms with E-state index in [1.807, 2.05) is 6.20 Å². The fourth-order valence-electron chi connectivity index (χ4n) is 1.32. The number of aromatic nitrogens is 1. The first-order valence-corrected chi connectivity index (χ1v) is 5.98. The van der Waals surface area contributed by atoms with Crippen LogP contribution in [-0.2, 0) is 4.79 Å². The number of amides is 1. The lowest BCUT2D eigenvalue weighted by atomic mass is 10.1. The molecule has 0 spiro atoms. The van der Waals surface area contributed by atoms with Crippen molar-refractivity contribution in [1.82, 2.24) is 10.3 Å². The molecule has 1 aliphatic rings. The third-order valence-corrected chi connectivity index (χ3v) is 3.68. The van der Waals surface area contributed by atoms with E-state index in [2.05, 4.69) is 29.5 Å². The molecule has 1 fully saturated rings. The number of carbonyl (C=O) groups is 1. The smallest absolute Gasteiger partial charge is 0.243 e. The fraction of sp³-hybridized carbons (Fsp3) is 0.600. The summed E-state index contributed by atoms with van der Waals surface area (Å²) in [5.74, 6) is 0.501. The lowest BCUT2D eigenvalue weighted by Gasteiger charge is -2.25. The lowest BCUT2D eigenvalue weighted by molar-refractivity contribution is -0.119. The molecule has 1 atom stereocenters. The minimum atomic E-state index is -0.0172. The quantitative estimate of drug-likeness (QED) is 0.875. The van der Waals surface area contributed by atoms with Gasteiger partial charge in [0.15, 0.2) is 5.13 Å². The molecule has 0 aliphatic carbocycles. The van der Waals surface area contributed by atoms with Crippen molar-refractivity contribution >= 4 is 34.8 Å². The Hall–Kier alpha value is -0.650. The number of nitrogens with zero attached hydrogens (tertiary/aromatic N) is 1. The Morgan fingerprint density at radius 1 is 1.69 bits per heavy atom. The molecule has 0 saturated carbocycles. The predicted molar refractivity (Wildman–Crippen MR) is 68.5 cm³/mol. The maximum absolute atomic E-state index is 11.6. The predicted octanol–water partition coefficient (Wildman–Crippen LogP) is 1.99. The molecule has 2 rings (SSSR count). The summed E-state index contributed by atoms with van der Waals surface area (Å²) in [7, 11) is 0. The minimum Gasteiger partial charge on any atom is -0.306 e. The molecule has 1 aromatic heterocycles. The molecule has 0 unspecified atom stereocenters. The Kier molecular flexibility index (Phi) is 4.70. The zero-order chi connectivity index (χ0) is 10.8. The Morgan fingerprint density at radius 2 is 2.38 bits per heavy atom. The van der Waals surface area contributed by atoms with Crippen LogP contribution in [0.5, 0.6) is 0 Å². The van der Waals surface area contributed by atoms with E-state index in [-0.39, 0.29) is 24.4 Å². The molecular formula is C10H16ClN3OS. The zero-order valence-corrected chi connectivity index (χ0v) is 11.0. The highest BCUT2D eigenvalue weighted by molar-refractivity contribution is 7.15. The fourth-order valence-corrected chi connectivity index (χ4v) is 2.14. The number of thiazole rings is 1. The van der Waals surface area contributed by atoms with Crippen molar-refractivity contribution in [2.45, 2.75) is 32.2 Å². The van der Waals surface area contributed by atoms with Crippen molar-refractivity contribution < 1.29 is 4.79 Å². The van der Waals surface area contributed by atoms with Crippen LogP contribution in [0.15, 0.2) is 6.20 Å². The number of hydrogen-bond acceptors (Lipinski definition) is 4. The van der Waals surface area contributed by atoms with Crippen molar-refractivity contribution in [3.05, 3.63) is 11.1 Å². The van der Waals surface area contributed by atoms with Crippen LogP contribution < -0.4 is 10.6 Å². The molecule has 6 heteroatoms. The van der Waals surface area contributed by atoms with Gasteiger partial charge in [-0.25, -0.2) is 4.98 Å². The monoisotopic (exact) mass is 261 g/mol. The average Bonchev–Trinajstić information content (AvgIpc) is 2.48. The van der Waals surface area contributed by atoms with Gasteiger partial charge in [0.2, 0.25) is 5.91 Å². The Morgan fingerprint density at radius 3 is 2.81 bits per heavy atom. The van der Waals surface area contributed by atoms with Gasteiger partial charge in [0, 0.05) is 11.1 Å². The van der Waals surface area contributed by atoms with Crippen LogP contribution in [0, 0.1) is 0 Å². The Labute approximate surface area is 105 Å². The second kappa shape index (κ2) is 5.61. The van der Waals surface area contributed by atoms with Crippen molar-refractivity contribution in [3.8, 4) is 0 Å². The molecule has 2 N–H and O–H groups in total. The van der Waals surface area contributed by atoms with E-state index < -0.39 is 0 Å². The van der Waals surface area contributed by atoms with E-state index in [1.54, 1.807) is 11.3 Å². The molecule has 0 bridgehead atoms. The summed E-state index contributed by atoms with van der Waals surface area (Å²) in [6, 6.07) is -0.0172. The van der Waals surface area contributed by atoms with Gasteiger partial charge in [0.05, 0.1) is 6.04 Å². The topological polar surface area (TPSA) is 54.0 Å². The summed E-state index contributed by atoms with van der Waals surface area (Å²) < 4.78 is 0. The van der Waals surface area contributed by atoms with Gasteiger partial charge in [-0.1, -0.05) is 13.8 Å². The molecule has 1 aromatic rings. The van der Waals surface area contributed by atoms with Crippen LogP contribution in [0.25, 0.3) is 0 Å². The first kappa shape index (κ1) is 13.4. The van der Waals surface area contributed by atoms with Gasteiger partial charge < -0.3 is 10.6 Å². The summed E-state index contributed by atoms with van der Waals surface area (Å²) in [6.07, 6.45) is 2.76. The van der Waals surface area contributed by atoms with Crippen LogP contribution in [0.1, 0.15) is 31.1 Å². The number of nitrogens with one attached hydrogen (secondary N) is 2. The first-order valence-electron chi connectivity index (χ1n) is 5.17. The highest BCUT2D eigenvalue weighted by atomic mass is 35.5. The van der Waals surface area contributed by atoms with Gasteiger partial charge in [0.1, 0.15) is 0 Å². The van der Waals surface area contributed by atoms with E-state index in [4.69, 9.17) is 0 Å². The van der Waals surface area contributed by atoms with Gasteiger partial charge in [0.25, 0.3) is 0 Å². The van der Waals surface area contributed by atoms with Crippen molar-refractivity contribution in [2.75, 3.05) is 11.9 Å². The Balaban J connectivity index is 0.00000128. The number of halogens is 1. The van der Waals surface area contributed by atoms with Crippen LogP contribution in [0.2, 0.25) is 0 Å². The summed E-state index contributed by atoms with van der Waals surface area (Å²) in [6.45, 7) is 5.17. The van der Waals surface area contributed by atoms with Crippen LogP contribution >= 0.6 is 23.7 Å². The second-order valence-corrected chi connectivity index (χ2v) is 5.07. The van der Waals surface area contributed by atoms with E-state index in [0.29, 0.717) is 11.0 Å². The summed E-state index contributed by atoms with van der Waals surface area (Å²) in [4.78, 5) is 16.9. The maximum atomic E-state index is 11.6. The van der Waals surface area contributed by atoms with Crippen molar-refractivity contribution in [2.24, 2.45) is 0 Å². The van der Waals surface area contributed by atoms with Gasteiger partial charge in [-0.3, -0.25) is 4.79 Å². The van der Waals surface area contributed by atoms with Gasteiger partial charge in [-0.15, -0.1) is 23.7 Å². The van der Waals surface area contributed by atoms with Crippen LogP contribution in [0.4, 0.5) is 5.13 Å². The minimum absolute atomic E-state index is 0. The summed E-state index contributed by atoms with van der Waals surface area (Å²) in [5.41, 5.74) is 0. The van der Waals surface area contributed by atoms with Crippen LogP contribution in [0.3, 0.4) is 0 Å². The molecule has 1 aliphatic heterocycles. The largest absolute Gasteiger partial charge is 0.306 e. The standard InChI is InChI=1S/C10H15N3OS.ClH/c1-6(2)8-5-12-10(15-8)13-9(14)7-3-4-11-7;/h5-7,11H,3-4H2,1-2H3,(H,12,13,14);1H/t7-;/m1./s1. The first-order chi connectivity index (χ1) is 7.16.